The first-order valence-corrected chi connectivity index (χ1v) is 16.4. The summed E-state index contributed by atoms with van der Waals surface area (Å²) in [5, 5.41) is 35.5. The molecule has 48 heavy (non-hydrogen) atoms. The standard InChI is InChI=1S/C35H41NO12/c1-15(2)45-14-23(37)35(42)12-19-26(32(41)28-27(30(19)39)29(38)18-7-6-8-21(43-5)25(18)31(28)40)22(13-35)47-24-11-20-33(16(3)46-24)48-34-17(4)44-10-9-36(20)34/h6-8,15-17,20,22,24,33-34,39,41-42H,9-14H2,1-5H3/t16-,17+,20?,22-,24-,33+,34+,35-/m0/s1. The molecule has 3 saturated heterocycles. The largest absolute Gasteiger partial charge is 0.507 e. The first-order chi connectivity index (χ1) is 22.8. The molecule has 3 N–H and O–H groups in total. The average molecular weight is 668 g/mol. The SMILES string of the molecule is COc1cccc2c1C(=O)c1c(O)c3c(c(O)c1C2=O)C[C@@](O)(C(=O)COC(C)C)C[C@@H]3O[C@H]1CC2[C@H](O[C@@H]3[C@@H](C)OCCN23)[C@H](C)O1. The van der Waals surface area contributed by atoms with Crippen molar-refractivity contribution in [1.29, 1.82) is 0 Å². The van der Waals surface area contributed by atoms with Crippen LogP contribution in [-0.4, -0.2) is 113 Å². The van der Waals surface area contributed by atoms with E-state index in [9.17, 15) is 29.7 Å². The lowest BCUT2D eigenvalue weighted by molar-refractivity contribution is -0.247. The number of hydrogen-bond donors (Lipinski definition) is 3. The van der Waals surface area contributed by atoms with E-state index < -0.39 is 77.1 Å². The van der Waals surface area contributed by atoms with Crippen LogP contribution in [0.5, 0.6) is 17.2 Å². The van der Waals surface area contributed by atoms with Crippen LogP contribution in [0.15, 0.2) is 18.2 Å². The monoisotopic (exact) mass is 667 g/mol. The predicted octanol–water partition coefficient (Wildman–Crippen LogP) is 2.56. The van der Waals surface area contributed by atoms with E-state index in [4.69, 9.17) is 28.4 Å². The normalized spacial score (nSPS) is 32.7. The average Bonchev–Trinajstić information content (AvgIpc) is 3.44. The van der Waals surface area contributed by atoms with E-state index in [-0.39, 0.29) is 65.0 Å². The number of nitrogens with zero attached hydrogens (tertiary/aromatic N) is 1. The quantitative estimate of drug-likeness (QED) is 0.315. The van der Waals surface area contributed by atoms with Gasteiger partial charge in [0.15, 0.2) is 17.9 Å². The lowest BCUT2D eigenvalue weighted by atomic mass is 9.72. The van der Waals surface area contributed by atoms with Gasteiger partial charge in [0.05, 0.1) is 54.8 Å². The number of phenolic OH excluding ortho intramolecular Hbond substituents is 2. The minimum atomic E-state index is -2.10. The van der Waals surface area contributed by atoms with E-state index in [1.54, 1.807) is 19.9 Å². The molecule has 0 aromatic heterocycles. The van der Waals surface area contributed by atoms with Gasteiger partial charge in [-0.15, -0.1) is 0 Å². The van der Waals surface area contributed by atoms with Crippen molar-refractivity contribution in [2.24, 2.45) is 0 Å². The number of phenols is 2. The Bertz CT molecular complexity index is 1670. The Morgan fingerprint density at radius 3 is 2.54 bits per heavy atom. The zero-order valence-corrected chi connectivity index (χ0v) is 27.6. The number of aliphatic hydroxyl groups is 1. The molecule has 2 aromatic carbocycles. The molecule has 2 aliphatic carbocycles. The molecule has 0 amide bonds. The second-order valence-corrected chi connectivity index (χ2v) is 13.6. The van der Waals surface area contributed by atoms with Crippen molar-refractivity contribution in [1.82, 2.24) is 4.90 Å². The third-order valence-corrected chi connectivity index (χ3v) is 10.3. The highest BCUT2D eigenvalue weighted by atomic mass is 16.7. The van der Waals surface area contributed by atoms with E-state index >= 15 is 0 Å². The van der Waals surface area contributed by atoms with Gasteiger partial charge in [-0.2, -0.15) is 0 Å². The molecule has 0 saturated carbocycles. The number of morpholine rings is 1. The number of ketones is 3. The van der Waals surface area contributed by atoms with Crippen molar-refractivity contribution >= 4 is 17.3 Å². The van der Waals surface area contributed by atoms with Crippen LogP contribution in [0.3, 0.4) is 0 Å². The molecule has 3 fully saturated rings. The molecular weight excluding hydrogens is 626 g/mol. The smallest absolute Gasteiger partial charge is 0.202 e. The third kappa shape index (κ3) is 5.15. The highest BCUT2D eigenvalue weighted by Crippen LogP contribution is 2.53. The molecule has 258 valence electrons. The zero-order chi connectivity index (χ0) is 34.2. The highest BCUT2D eigenvalue weighted by molar-refractivity contribution is 6.31. The molecule has 2 aromatic rings. The van der Waals surface area contributed by atoms with E-state index in [0.29, 0.717) is 19.6 Å². The lowest BCUT2D eigenvalue weighted by Crippen LogP contribution is -2.54. The second-order valence-electron chi connectivity index (χ2n) is 13.6. The van der Waals surface area contributed by atoms with Gasteiger partial charge in [-0.05, 0) is 33.8 Å². The van der Waals surface area contributed by atoms with Crippen LogP contribution in [0.4, 0.5) is 0 Å². The van der Waals surface area contributed by atoms with E-state index in [0.717, 1.165) is 0 Å². The van der Waals surface area contributed by atoms with E-state index in [2.05, 4.69) is 4.90 Å². The summed E-state index contributed by atoms with van der Waals surface area (Å²) >= 11 is 0. The van der Waals surface area contributed by atoms with Crippen molar-refractivity contribution in [2.75, 3.05) is 26.9 Å². The minimum Gasteiger partial charge on any atom is -0.507 e. The summed E-state index contributed by atoms with van der Waals surface area (Å²) in [5.41, 5.74) is -3.01. The Hall–Kier alpha value is -3.43. The number of fused-ring (bicyclic) bond motifs is 6. The third-order valence-electron chi connectivity index (χ3n) is 10.3. The molecule has 1 unspecified atom stereocenters. The van der Waals surface area contributed by atoms with Gasteiger partial charge < -0.3 is 43.7 Å². The molecule has 8 atom stereocenters. The molecule has 5 aliphatic rings. The van der Waals surface area contributed by atoms with Gasteiger partial charge in [-0.3, -0.25) is 19.3 Å². The van der Waals surface area contributed by atoms with Gasteiger partial charge >= 0.3 is 0 Å². The maximum Gasteiger partial charge on any atom is 0.202 e. The maximum atomic E-state index is 14.0. The zero-order valence-electron chi connectivity index (χ0n) is 27.6. The van der Waals surface area contributed by atoms with Gasteiger partial charge in [-0.25, -0.2) is 0 Å². The van der Waals surface area contributed by atoms with Crippen molar-refractivity contribution in [3.63, 3.8) is 0 Å². The molecular formula is C35H41NO12. The second kappa shape index (κ2) is 12.2. The van der Waals surface area contributed by atoms with Crippen molar-refractivity contribution in [3.05, 3.63) is 51.6 Å². The summed E-state index contributed by atoms with van der Waals surface area (Å²) in [5.74, 6) is -3.12. The van der Waals surface area contributed by atoms with Crippen LogP contribution in [0.25, 0.3) is 0 Å². The van der Waals surface area contributed by atoms with E-state index in [1.807, 2.05) is 13.8 Å². The van der Waals surface area contributed by atoms with Crippen LogP contribution in [0.1, 0.15) is 89.6 Å². The fraction of sp³-hybridized carbons (Fsp3) is 0.571. The number of methoxy groups -OCH3 is 1. The van der Waals surface area contributed by atoms with Crippen LogP contribution in [-0.2, 0) is 34.9 Å². The Labute approximate surface area is 277 Å². The Morgan fingerprint density at radius 2 is 1.81 bits per heavy atom. The summed E-state index contributed by atoms with van der Waals surface area (Å²) in [7, 11) is 1.36. The minimum absolute atomic E-state index is 0.00422. The molecule has 7 rings (SSSR count). The summed E-state index contributed by atoms with van der Waals surface area (Å²) < 4.78 is 35.8. The summed E-state index contributed by atoms with van der Waals surface area (Å²) in [6.07, 6.45) is -3.83. The maximum absolute atomic E-state index is 14.0. The Kier molecular flexibility index (Phi) is 8.38. The lowest BCUT2D eigenvalue weighted by Gasteiger charge is -2.43. The summed E-state index contributed by atoms with van der Waals surface area (Å²) in [6.45, 7) is 8.15. The number of carbonyl (C=O) groups excluding carboxylic acids is 3. The molecule has 3 heterocycles. The van der Waals surface area contributed by atoms with Crippen molar-refractivity contribution in [3.8, 4) is 17.2 Å². The van der Waals surface area contributed by atoms with Gasteiger partial charge in [0.25, 0.3) is 0 Å². The molecule has 0 radical (unpaired) electrons. The number of ether oxygens (including phenoxy) is 6. The van der Waals surface area contributed by atoms with Gasteiger partial charge in [0.2, 0.25) is 5.78 Å². The number of Topliss-reactive ketones (excluding diaryl/α,β-unsaturated/α-hetero) is 1. The van der Waals surface area contributed by atoms with Crippen molar-refractivity contribution < 1.29 is 58.1 Å². The fourth-order valence-electron chi connectivity index (χ4n) is 7.96. The first-order valence-electron chi connectivity index (χ1n) is 16.4. The molecule has 13 heteroatoms. The van der Waals surface area contributed by atoms with Gasteiger partial charge in [-0.1, -0.05) is 12.1 Å². The number of rotatable bonds is 7. The van der Waals surface area contributed by atoms with Gasteiger partial charge in [0.1, 0.15) is 41.8 Å². The fourth-order valence-corrected chi connectivity index (χ4v) is 7.96. The van der Waals surface area contributed by atoms with Gasteiger partial charge in [0, 0.05) is 48.5 Å². The number of benzene rings is 2. The first kappa shape index (κ1) is 33.1. The molecule has 3 aliphatic heterocycles. The summed E-state index contributed by atoms with van der Waals surface area (Å²) in [6, 6.07) is 4.44. The van der Waals surface area contributed by atoms with Crippen LogP contribution < -0.4 is 4.74 Å². The van der Waals surface area contributed by atoms with E-state index in [1.165, 1.54) is 19.2 Å². The molecule has 0 bridgehead atoms. The Morgan fingerprint density at radius 1 is 1.06 bits per heavy atom. The van der Waals surface area contributed by atoms with Crippen LogP contribution >= 0.6 is 0 Å². The number of hydrogen-bond acceptors (Lipinski definition) is 13. The summed E-state index contributed by atoms with van der Waals surface area (Å²) in [4.78, 5) is 43.6. The highest BCUT2D eigenvalue weighted by Gasteiger charge is 2.54. The topological polar surface area (TPSA) is 171 Å². The Balaban J connectivity index is 1.30. The molecule has 0 spiro atoms. The number of aromatic hydroxyl groups is 2. The van der Waals surface area contributed by atoms with Crippen LogP contribution in [0, 0.1) is 0 Å². The molecule has 13 nitrogen and oxygen atoms in total. The number of carbonyl (C=O) groups is 3. The van der Waals surface area contributed by atoms with Crippen molar-refractivity contribution in [2.45, 2.75) is 102 Å². The van der Waals surface area contributed by atoms with Crippen LogP contribution in [0.2, 0.25) is 0 Å². The predicted molar refractivity (Wildman–Crippen MR) is 166 cm³/mol.